The summed E-state index contributed by atoms with van der Waals surface area (Å²) < 4.78 is 0. The second-order valence-corrected chi connectivity index (χ2v) is 12.3. The minimum Gasteiger partial charge on any atom is -0.393 e. The van der Waals surface area contributed by atoms with Crippen LogP contribution in [0.2, 0.25) is 0 Å². The van der Waals surface area contributed by atoms with Crippen LogP contribution in [0.25, 0.3) is 0 Å². The molecule has 168 valence electrons. The lowest BCUT2D eigenvalue weighted by molar-refractivity contribution is -0.497. The first-order valence-corrected chi connectivity index (χ1v) is 12.6. The van der Waals surface area contributed by atoms with Gasteiger partial charge in [0.2, 0.25) is 0 Å². The van der Waals surface area contributed by atoms with E-state index in [2.05, 4.69) is 58.9 Å². The van der Waals surface area contributed by atoms with Crippen molar-refractivity contribution in [3.8, 4) is 0 Å². The van der Waals surface area contributed by atoms with Gasteiger partial charge in [0.05, 0.1) is 6.10 Å². The molecule has 0 aromatic carbocycles. The summed E-state index contributed by atoms with van der Waals surface area (Å²) in [7, 11) is 0. The Balaban J connectivity index is 1.46. The summed E-state index contributed by atoms with van der Waals surface area (Å²) in [6, 6.07) is 0. The van der Waals surface area contributed by atoms with Gasteiger partial charge < -0.3 is 5.11 Å². The average molecular weight is 415 g/mol. The first-order valence-electron chi connectivity index (χ1n) is 12.6. The van der Waals surface area contributed by atoms with Crippen LogP contribution in [0.1, 0.15) is 86.0 Å². The van der Waals surface area contributed by atoms with Gasteiger partial charge in [-0.25, -0.2) is 9.78 Å². The van der Waals surface area contributed by atoms with E-state index >= 15 is 0 Å². The summed E-state index contributed by atoms with van der Waals surface area (Å²) in [5.41, 5.74) is -0.341. The number of rotatable bonds is 4. The first-order chi connectivity index (χ1) is 14.2. The van der Waals surface area contributed by atoms with Crippen molar-refractivity contribution in [3.05, 3.63) is 24.3 Å². The predicted octanol–water partition coefficient (Wildman–Crippen LogP) is 6.23. The van der Waals surface area contributed by atoms with Crippen molar-refractivity contribution >= 4 is 0 Å². The van der Waals surface area contributed by atoms with Gasteiger partial charge in [-0.3, -0.25) is 0 Å². The Morgan fingerprint density at radius 2 is 1.80 bits per heavy atom. The zero-order valence-electron chi connectivity index (χ0n) is 19.7. The normalized spacial score (nSPS) is 53.0. The van der Waals surface area contributed by atoms with Gasteiger partial charge in [-0.2, -0.15) is 0 Å². The summed E-state index contributed by atoms with van der Waals surface area (Å²) in [6.45, 7) is 12.0. The second kappa shape index (κ2) is 6.93. The monoisotopic (exact) mass is 414 g/mol. The van der Waals surface area contributed by atoms with Gasteiger partial charge in [0, 0.05) is 23.7 Å². The molecule has 2 heterocycles. The lowest BCUT2D eigenvalue weighted by atomic mass is 9.43. The molecule has 2 spiro atoms. The molecular weight excluding hydrogens is 372 g/mol. The molecular formula is C27H42O3. The van der Waals surface area contributed by atoms with Crippen molar-refractivity contribution in [1.29, 1.82) is 0 Å². The molecule has 9 unspecified atom stereocenters. The molecule has 6 aliphatic rings. The van der Waals surface area contributed by atoms with E-state index in [1.165, 1.54) is 32.1 Å². The van der Waals surface area contributed by atoms with Gasteiger partial charge in [0.15, 0.2) is 0 Å². The van der Waals surface area contributed by atoms with E-state index in [4.69, 9.17) is 9.78 Å². The third-order valence-electron chi connectivity index (χ3n) is 10.4. The molecule has 4 fully saturated rings. The number of hydrogen-bond acceptors (Lipinski definition) is 3. The summed E-state index contributed by atoms with van der Waals surface area (Å²) in [5.74, 6) is 3.08. The zero-order valence-corrected chi connectivity index (χ0v) is 19.7. The van der Waals surface area contributed by atoms with Gasteiger partial charge in [-0.15, -0.1) is 0 Å². The molecule has 3 nitrogen and oxygen atoms in total. The Bertz CT molecular complexity index is 742. The summed E-state index contributed by atoms with van der Waals surface area (Å²) >= 11 is 0. The first kappa shape index (κ1) is 21.2. The van der Waals surface area contributed by atoms with Crippen LogP contribution in [0, 0.1) is 40.4 Å². The number of aliphatic hydroxyl groups is 1. The van der Waals surface area contributed by atoms with Gasteiger partial charge in [-0.1, -0.05) is 52.8 Å². The van der Waals surface area contributed by atoms with Crippen LogP contribution in [-0.2, 0) is 9.78 Å². The summed E-state index contributed by atoms with van der Waals surface area (Å²) in [6.07, 6.45) is 18.1. The van der Waals surface area contributed by atoms with Crippen LogP contribution in [0.5, 0.6) is 0 Å². The van der Waals surface area contributed by atoms with Gasteiger partial charge in [0.1, 0.15) is 11.2 Å². The second-order valence-electron chi connectivity index (χ2n) is 12.3. The molecule has 2 bridgehead atoms. The minimum absolute atomic E-state index is 0.0709. The molecule has 0 radical (unpaired) electrons. The Labute approximate surface area is 183 Å². The SMILES string of the molecule is CC(C)CC=CC(C)C1CCC2C1(C)CCC1C23C=CC2(CC(O)CCC12C)OO3. The van der Waals surface area contributed by atoms with E-state index in [1.54, 1.807) is 0 Å². The van der Waals surface area contributed by atoms with Crippen LogP contribution in [0.15, 0.2) is 24.3 Å². The van der Waals surface area contributed by atoms with Crippen molar-refractivity contribution < 1.29 is 14.9 Å². The van der Waals surface area contributed by atoms with Crippen molar-refractivity contribution in [2.75, 3.05) is 0 Å². The fourth-order valence-corrected chi connectivity index (χ4v) is 8.70. The molecule has 1 N–H and O–H groups in total. The molecule has 3 saturated carbocycles. The fourth-order valence-electron chi connectivity index (χ4n) is 8.70. The van der Waals surface area contributed by atoms with Crippen LogP contribution in [0.4, 0.5) is 0 Å². The molecule has 1 saturated heterocycles. The van der Waals surface area contributed by atoms with Crippen molar-refractivity contribution in [2.45, 2.75) is 103 Å². The highest BCUT2D eigenvalue weighted by atomic mass is 17.2. The van der Waals surface area contributed by atoms with E-state index < -0.39 is 5.60 Å². The third-order valence-corrected chi connectivity index (χ3v) is 10.4. The van der Waals surface area contributed by atoms with Gasteiger partial charge in [0.25, 0.3) is 0 Å². The lowest BCUT2D eigenvalue weighted by Gasteiger charge is -2.69. The topological polar surface area (TPSA) is 38.7 Å². The van der Waals surface area contributed by atoms with Crippen LogP contribution in [-0.4, -0.2) is 22.4 Å². The largest absolute Gasteiger partial charge is 0.393 e. The van der Waals surface area contributed by atoms with Gasteiger partial charge >= 0.3 is 0 Å². The van der Waals surface area contributed by atoms with Crippen LogP contribution in [0.3, 0.4) is 0 Å². The van der Waals surface area contributed by atoms with Crippen molar-refractivity contribution in [3.63, 3.8) is 0 Å². The molecule has 2 aliphatic heterocycles. The standard InChI is InChI=1S/C27H42O3/c1-18(2)7-6-8-19(3)21-9-10-22-24(21,4)13-12-23-25(5)14-11-20(28)17-26(25)15-16-27(22,23)30-29-26/h6,8,15-16,18-23,28H,7,9-14,17H2,1-5H3. The Morgan fingerprint density at radius 1 is 1.00 bits per heavy atom. The highest BCUT2D eigenvalue weighted by molar-refractivity contribution is 5.33. The highest BCUT2D eigenvalue weighted by Gasteiger charge is 2.74. The van der Waals surface area contributed by atoms with E-state index in [0.717, 1.165) is 18.8 Å². The maximum absolute atomic E-state index is 10.4. The van der Waals surface area contributed by atoms with Gasteiger partial charge in [-0.05, 0) is 74.2 Å². The molecule has 4 aliphatic carbocycles. The number of fused-ring (bicyclic) bond motifs is 2. The third kappa shape index (κ3) is 2.67. The molecule has 0 aromatic rings. The maximum atomic E-state index is 10.4. The maximum Gasteiger partial charge on any atom is 0.130 e. The molecule has 9 atom stereocenters. The molecule has 3 heteroatoms. The van der Waals surface area contributed by atoms with Crippen LogP contribution >= 0.6 is 0 Å². The number of allylic oxidation sites excluding steroid dienone is 2. The Morgan fingerprint density at radius 3 is 2.50 bits per heavy atom. The van der Waals surface area contributed by atoms with E-state index in [1.807, 2.05) is 0 Å². The average Bonchev–Trinajstić information content (AvgIpc) is 3.05. The minimum atomic E-state index is -0.435. The van der Waals surface area contributed by atoms with Crippen molar-refractivity contribution in [1.82, 2.24) is 0 Å². The predicted molar refractivity (Wildman–Crippen MR) is 120 cm³/mol. The van der Waals surface area contributed by atoms with Crippen molar-refractivity contribution in [2.24, 2.45) is 40.4 Å². The van der Waals surface area contributed by atoms with E-state index in [-0.39, 0.29) is 17.1 Å². The summed E-state index contributed by atoms with van der Waals surface area (Å²) in [5, 5.41) is 10.4. The lowest BCUT2D eigenvalue weighted by Crippen LogP contribution is -2.73. The molecule has 30 heavy (non-hydrogen) atoms. The number of aliphatic hydroxyl groups excluding tert-OH is 1. The molecule has 0 aromatic heterocycles. The quantitative estimate of drug-likeness (QED) is 0.438. The zero-order chi connectivity index (χ0) is 21.4. The Hall–Kier alpha value is -0.640. The molecule has 6 rings (SSSR count). The van der Waals surface area contributed by atoms with Crippen LogP contribution < -0.4 is 0 Å². The smallest absolute Gasteiger partial charge is 0.130 e. The fraction of sp³-hybridized carbons (Fsp3) is 0.852. The van der Waals surface area contributed by atoms with E-state index in [9.17, 15) is 5.11 Å². The number of hydrogen-bond donors (Lipinski definition) is 1. The Kier molecular flexibility index (Phi) is 4.90. The highest BCUT2D eigenvalue weighted by Crippen LogP contribution is 2.72. The molecule has 0 amide bonds. The van der Waals surface area contributed by atoms with E-state index in [0.29, 0.717) is 35.5 Å². The summed E-state index contributed by atoms with van der Waals surface area (Å²) in [4.78, 5) is 12.7.